The van der Waals surface area contributed by atoms with Crippen LogP contribution in [0.25, 0.3) is 0 Å². The van der Waals surface area contributed by atoms with E-state index in [2.05, 4.69) is 11.4 Å². The van der Waals surface area contributed by atoms with Crippen LogP contribution in [-0.2, 0) is 4.74 Å². The third-order valence-corrected chi connectivity index (χ3v) is 3.16. The second-order valence-electron chi connectivity index (χ2n) is 2.27. The van der Waals surface area contributed by atoms with E-state index in [1.807, 2.05) is 0 Å². The van der Waals surface area contributed by atoms with E-state index in [1.54, 1.807) is 6.92 Å². The van der Waals surface area contributed by atoms with Crippen LogP contribution in [0.1, 0.15) is 6.92 Å². The van der Waals surface area contributed by atoms with Gasteiger partial charge in [-0.05, 0) is 0 Å². The van der Waals surface area contributed by atoms with Crippen molar-refractivity contribution in [3.63, 3.8) is 0 Å². The SMILES string of the molecule is CC(O)OCC[As](C)C. The second-order valence-corrected chi connectivity index (χ2v) is 7.74. The average molecular weight is 194 g/mol. The van der Waals surface area contributed by atoms with Gasteiger partial charge in [-0.2, -0.15) is 0 Å². The maximum absolute atomic E-state index is 8.66. The van der Waals surface area contributed by atoms with Crippen molar-refractivity contribution in [3.05, 3.63) is 0 Å². The van der Waals surface area contributed by atoms with Crippen molar-refractivity contribution in [1.82, 2.24) is 0 Å². The van der Waals surface area contributed by atoms with Gasteiger partial charge in [-0.1, -0.05) is 0 Å². The van der Waals surface area contributed by atoms with E-state index < -0.39 is 20.9 Å². The van der Waals surface area contributed by atoms with Crippen LogP contribution in [0.5, 0.6) is 0 Å². The minimum atomic E-state index is -0.584. The van der Waals surface area contributed by atoms with Gasteiger partial charge in [-0.25, -0.2) is 0 Å². The fraction of sp³-hybridized carbons (Fsp3) is 1.00. The molecule has 2 nitrogen and oxygen atoms in total. The van der Waals surface area contributed by atoms with Crippen LogP contribution in [0.3, 0.4) is 0 Å². The zero-order chi connectivity index (χ0) is 7.28. The Kier molecular flexibility index (Phi) is 5.56. The molecule has 3 heteroatoms. The van der Waals surface area contributed by atoms with Crippen LogP contribution >= 0.6 is 0 Å². The molecule has 9 heavy (non-hydrogen) atoms. The first kappa shape index (κ1) is 9.48. The molecule has 0 heterocycles. The molecule has 0 saturated heterocycles. The Morgan fingerprint density at radius 1 is 1.56 bits per heavy atom. The Morgan fingerprint density at radius 3 is 2.44 bits per heavy atom. The van der Waals surface area contributed by atoms with Crippen LogP contribution in [0.15, 0.2) is 0 Å². The molecule has 0 radical (unpaired) electrons. The predicted octanol–water partition coefficient (Wildman–Crippen LogP) is 1.10. The molecule has 0 amide bonds. The zero-order valence-corrected chi connectivity index (χ0v) is 8.17. The number of rotatable bonds is 4. The average Bonchev–Trinajstić information content (AvgIpc) is 1.63. The van der Waals surface area contributed by atoms with E-state index in [1.165, 1.54) is 0 Å². The molecule has 0 fully saturated rings. The van der Waals surface area contributed by atoms with Crippen LogP contribution in [0.2, 0.25) is 16.6 Å². The first-order chi connectivity index (χ1) is 4.13. The Labute approximate surface area is 61.5 Å². The molecular weight excluding hydrogens is 179 g/mol. The predicted molar refractivity (Wildman–Crippen MR) is 39.9 cm³/mol. The summed E-state index contributed by atoms with van der Waals surface area (Å²) in [7, 11) is 0. The fourth-order valence-corrected chi connectivity index (χ4v) is 1.39. The van der Waals surface area contributed by atoms with E-state index in [9.17, 15) is 0 Å². The monoisotopic (exact) mass is 194 g/mol. The van der Waals surface area contributed by atoms with Gasteiger partial charge in [0.15, 0.2) is 0 Å². The summed E-state index contributed by atoms with van der Waals surface area (Å²) in [5.41, 5.74) is 4.55. The molecule has 1 unspecified atom stereocenters. The molecule has 56 valence electrons. The van der Waals surface area contributed by atoms with Gasteiger partial charge in [0, 0.05) is 0 Å². The standard InChI is InChI=1S/C6H15AsO2/c1-6(8)9-5-4-7(2)3/h6,8H,4-5H2,1-3H3. The molecule has 1 atom stereocenters. The van der Waals surface area contributed by atoms with Gasteiger partial charge in [-0.3, -0.25) is 0 Å². The normalized spacial score (nSPS) is 14.3. The van der Waals surface area contributed by atoms with Crippen LogP contribution in [0, 0.1) is 0 Å². The van der Waals surface area contributed by atoms with Gasteiger partial charge in [0.1, 0.15) is 0 Å². The molecule has 0 bridgehead atoms. The van der Waals surface area contributed by atoms with Crippen LogP contribution < -0.4 is 0 Å². The minimum absolute atomic E-state index is 0.522. The van der Waals surface area contributed by atoms with Gasteiger partial charge in [0.2, 0.25) is 0 Å². The molecule has 0 aromatic carbocycles. The molecule has 0 aromatic heterocycles. The molecule has 0 spiro atoms. The Hall–Kier alpha value is 0.478. The van der Waals surface area contributed by atoms with Crippen molar-refractivity contribution in [3.8, 4) is 0 Å². The maximum atomic E-state index is 8.66. The fourth-order valence-electron chi connectivity index (χ4n) is 0.406. The van der Waals surface area contributed by atoms with Crippen molar-refractivity contribution in [1.29, 1.82) is 0 Å². The van der Waals surface area contributed by atoms with E-state index in [-0.39, 0.29) is 0 Å². The Morgan fingerprint density at radius 2 is 2.11 bits per heavy atom. The van der Waals surface area contributed by atoms with E-state index in [0.717, 1.165) is 11.8 Å². The Balaban J connectivity index is 2.91. The van der Waals surface area contributed by atoms with Gasteiger partial charge >= 0.3 is 60.9 Å². The molecule has 0 aliphatic rings. The summed E-state index contributed by atoms with van der Waals surface area (Å²) in [4.78, 5) is 0. The number of hydrogen-bond acceptors (Lipinski definition) is 2. The number of aliphatic hydroxyl groups excluding tert-OH is 1. The topological polar surface area (TPSA) is 29.5 Å². The summed E-state index contributed by atoms with van der Waals surface area (Å²) in [5, 5.41) is 9.82. The molecule has 0 aliphatic heterocycles. The molecule has 1 N–H and O–H groups in total. The quantitative estimate of drug-likeness (QED) is 0.536. The number of aliphatic hydroxyl groups is 1. The summed E-state index contributed by atoms with van der Waals surface area (Å²) in [6.07, 6.45) is -0.584. The van der Waals surface area contributed by atoms with Crippen molar-refractivity contribution in [2.24, 2.45) is 0 Å². The van der Waals surface area contributed by atoms with E-state index in [0.29, 0.717) is 0 Å². The molecule has 0 saturated carbocycles. The van der Waals surface area contributed by atoms with Gasteiger partial charge < -0.3 is 0 Å². The molecule has 0 aromatic rings. The van der Waals surface area contributed by atoms with Gasteiger partial charge in [0.05, 0.1) is 0 Å². The summed E-state index contributed by atoms with van der Waals surface area (Å²) in [6.45, 7) is 2.37. The second kappa shape index (κ2) is 5.28. The third kappa shape index (κ3) is 8.48. The van der Waals surface area contributed by atoms with Crippen LogP contribution in [-0.4, -0.2) is 32.7 Å². The summed E-state index contributed by atoms with van der Waals surface area (Å²) < 4.78 is 4.94. The van der Waals surface area contributed by atoms with Crippen molar-refractivity contribution in [2.75, 3.05) is 6.61 Å². The zero-order valence-electron chi connectivity index (χ0n) is 6.29. The molecule has 0 rings (SSSR count). The first-order valence-electron chi connectivity index (χ1n) is 3.07. The molecule has 0 aliphatic carbocycles. The summed E-state index contributed by atoms with van der Waals surface area (Å²) >= 11 is -0.522. The van der Waals surface area contributed by atoms with Gasteiger partial charge in [0.25, 0.3) is 0 Å². The summed E-state index contributed by atoms with van der Waals surface area (Å²) in [5.74, 6) is 0. The van der Waals surface area contributed by atoms with Crippen LogP contribution in [0.4, 0.5) is 0 Å². The van der Waals surface area contributed by atoms with Crippen molar-refractivity contribution < 1.29 is 9.84 Å². The van der Waals surface area contributed by atoms with Crippen molar-refractivity contribution >= 4 is 14.7 Å². The summed E-state index contributed by atoms with van der Waals surface area (Å²) in [6, 6.07) is 0. The van der Waals surface area contributed by atoms with Crippen molar-refractivity contribution in [2.45, 2.75) is 29.8 Å². The number of hydrogen-bond donors (Lipinski definition) is 1. The Bertz CT molecular complexity index is 56.1. The molecular formula is C6H15AsO2. The third-order valence-electron chi connectivity index (χ3n) is 0.898. The van der Waals surface area contributed by atoms with Gasteiger partial charge in [-0.15, -0.1) is 0 Å². The van der Waals surface area contributed by atoms with E-state index in [4.69, 9.17) is 9.84 Å². The number of ether oxygens (including phenoxy) is 1. The van der Waals surface area contributed by atoms with E-state index >= 15 is 0 Å². The first-order valence-corrected chi connectivity index (χ1v) is 8.15.